The minimum absolute atomic E-state index is 0.480. The molecule has 0 bridgehead atoms. The molecule has 0 aromatic heterocycles. The lowest BCUT2D eigenvalue weighted by molar-refractivity contribution is 0.270. The second-order valence-corrected chi connectivity index (χ2v) is 6.47. The zero-order chi connectivity index (χ0) is 16.5. The number of benzene rings is 3. The van der Waals surface area contributed by atoms with Crippen molar-refractivity contribution in [1.82, 2.24) is 0 Å². The molecule has 0 aliphatic carbocycles. The maximum Gasteiger partial charge on any atom is 0.142 e. The van der Waals surface area contributed by atoms with Gasteiger partial charge in [0.05, 0.1) is 17.9 Å². The van der Waals surface area contributed by atoms with Crippen LogP contribution in [0.4, 0.5) is 11.4 Å². The first-order chi connectivity index (χ1) is 11.7. The first-order valence-electron chi connectivity index (χ1n) is 8.32. The van der Waals surface area contributed by atoms with Gasteiger partial charge in [0.1, 0.15) is 11.6 Å². The van der Waals surface area contributed by atoms with Gasteiger partial charge in [0, 0.05) is 11.1 Å². The molecule has 120 valence electrons. The van der Waals surface area contributed by atoms with E-state index in [-0.39, 0.29) is 0 Å². The smallest absolute Gasteiger partial charge is 0.142 e. The van der Waals surface area contributed by atoms with Crippen LogP contribution in [0, 0.1) is 5.92 Å². The van der Waals surface area contributed by atoms with Crippen molar-refractivity contribution in [2.24, 2.45) is 10.9 Å². The van der Waals surface area contributed by atoms with Gasteiger partial charge in [-0.2, -0.15) is 0 Å². The topological polar surface area (TPSA) is 33.6 Å². The van der Waals surface area contributed by atoms with Crippen LogP contribution in [-0.2, 0) is 0 Å². The Morgan fingerprint density at radius 2 is 1.75 bits per heavy atom. The van der Waals surface area contributed by atoms with Crippen LogP contribution in [0.5, 0.6) is 5.75 Å². The highest BCUT2D eigenvalue weighted by molar-refractivity contribution is 6.19. The molecule has 0 fully saturated rings. The summed E-state index contributed by atoms with van der Waals surface area (Å²) in [5.74, 6) is 2.18. The van der Waals surface area contributed by atoms with Gasteiger partial charge < -0.3 is 10.1 Å². The lowest BCUT2D eigenvalue weighted by Gasteiger charge is -2.21. The molecule has 0 radical (unpaired) electrons. The zero-order valence-corrected chi connectivity index (χ0v) is 13.9. The van der Waals surface area contributed by atoms with Gasteiger partial charge in [-0.15, -0.1) is 0 Å². The van der Waals surface area contributed by atoms with Crippen molar-refractivity contribution in [3.63, 3.8) is 0 Å². The van der Waals surface area contributed by atoms with Crippen LogP contribution < -0.4 is 10.1 Å². The molecule has 4 rings (SSSR count). The summed E-state index contributed by atoms with van der Waals surface area (Å²) in [5, 5.41) is 5.85. The van der Waals surface area contributed by atoms with E-state index >= 15 is 0 Å². The third-order valence-electron chi connectivity index (χ3n) is 4.08. The van der Waals surface area contributed by atoms with Crippen molar-refractivity contribution in [3.8, 4) is 5.75 Å². The number of aliphatic imine (C=N–C) groups is 1. The summed E-state index contributed by atoms with van der Waals surface area (Å²) in [6.07, 6.45) is 0. The number of rotatable bonds is 4. The molecule has 1 aliphatic rings. The van der Waals surface area contributed by atoms with E-state index in [9.17, 15) is 0 Å². The van der Waals surface area contributed by atoms with Gasteiger partial charge in [-0.25, -0.2) is 4.99 Å². The molecular formula is C21H20N2O. The van der Waals surface area contributed by atoms with Crippen molar-refractivity contribution in [1.29, 1.82) is 0 Å². The minimum Gasteiger partial charge on any atom is -0.493 e. The van der Waals surface area contributed by atoms with E-state index in [2.05, 4.69) is 61.6 Å². The standard InChI is InChI=1S/C21H20N2O/c1-14(2)13-24-19-12-4-3-9-16(19)21-22-17-10-5-7-15-8-6-11-18(23-21)20(15)17/h3-12,14H,13H2,1-2H3,(H,22,23). The minimum atomic E-state index is 0.480. The van der Waals surface area contributed by atoms with Gasteiger partial charge in [0.15, 0.2) is 0 Å². The molecule has 3 nitrogen and oxygen atoms in total. The number of ether oxygens (including phenoxy) is 1. The molecule has 1 heterocycles. The summed E-state index contributed by atoms with van der Waals surface area (Å²) in [4.78, 5) is 4.85. The Morgan fingerprint density at radius 1 is 0.958 bits per heavy atom. The highest BCUT2D eigenvalue weighted by Crippen LogP contribution is 2.37. The van der Waals surface area contributed by atoms with Gasteiger partial charge in [-0.05, 0) is 35.6 Å². The summed E-state index contributed by atoms with van der Waals surface area (Å²) in [7, 11) is 0. The fraction of sp³-hybridized carbons (Fsp3) is 0.190. The number of nitrogens with one attached hydrogen (secondary N) is 1. The van der Waals surface area contributed by atoms with E-state index in [0.717, 1.165) is 28.5 Å². The fourth-order valence-electron chi connectivity index (χ4n) is 2.97. The second-order valence-electron chi connectivity index (χ2n) is 6.47. The van der Waals surface area contributed by atoms with Crippen LogP contribution in [0.1, 0.15) is 19.4 Å². The number of hydrogen-bond acceptors (Lipinski definition) is 3. The van der Waals surface area contributed by atoms with Crippen molar-refractivity contribution < 1.29 is 4.74 Å². The fourth-order valence-corrected chi connectivity index (χ4v) is 2.97. The first kappa shape index (κ1) is 14.8. The molecule has 0 saturated carbocycles. The number of hydrogen-bond donors (Lipinski definition) is 1. The Kier molecular flexibility index (Phi) is 3.69. The molecule has 3 heteroatoms. The van der Waals surface area contributed by atoms with E-state index < -0.39 is 0 Å². The van der Waals surface area contributed by atoms with Gasteiger partial charge >= 0.3 is 0 Å². The third-order valence-corrected chi connectivity index (χ3v) is 4.08. The summed E-state index contributed by atoms with van der Waals surface area (Å²) >= 11 is 0. The van der Waals surface area contributed by atoms with E-state index in [4.69, 9.17) is 9.73 Å². The average Bonchev–Trinajstić information content (AvgIpc) is 2.60. The van der Waals surface area contributed by atoms with E-state index in [1.165, 1.54) is 10.8 Å². The number of anilines is 1. The van der Waals surface area contributed by atoms with Gasteiger partial charge in [-0.3, -0.25) is 0 Å². The quantitative estimate of drug-likeness (QED) is 0.701. The number of para-hydroxylation sites is 1. The Bertz CT molecular complexity index is 923. The normalized spacial score (nSPS) is 12.9. The summed E-state index contributed by atoms with van der Waals surface area (Å²) in [6.45, 7) is 4.99. The number of nitrogens with zero attached hydrogens (tertiary/aromatic N) is 1. The van der Waals surface area contributed by atoms with Crippen LogP contribution in [0.25, 0.3) is 10.8 Å². The lowest BCUT2D eigenvalue weighted by atomic mass is 10.0. The maximum absolute atomic E-state index is 5.99. The highest BCUT2D eigenvalue weighted by Gasteiger charge is 2.18. The largest absolute Gasteiger partial charge is 0.493 e. The molecule has 3 aromatic carbocycles. The van der Waals surface area contributed by atoms with Crippen molar-refractivity contribution in [2.45, 2.75) is 13.8 Å². The molecule has 24 heavy (non-hydrogen) atoms. The molecule has 0 spiro atoms. The summed E-state index contributed by atoms with van der Waals surface area (Å²) in [6, 6.07) is 20.6. The third kappa shape index (κ3) is 2.62. The molecule has 0 amide bonds. The lowest BCUT2D eigenvalue weighted by Crippen LogP contribution is -2.18. The summed E-state index contributed by atoms with van der Waals surface area (Å²) < 4.78 is 5.99. The van der Waals surface area contributed by atoms with E-state index in [1.807, 2.05) is 18.2 Å². The van der Waals surface area contributed by atoms with Gasteiger partial charge in [0.2, 0.25) is 0 Å². The predicted molar refractivity (Wildman–Crippen MR) is 101 cm³/mol. The predicted octanol–water partition coefficient (Wildman–Crippen LogP) is 5.38. The highest BCUT2D eigenvalue weighted by atomic mass is 16.5. The molecule has 1 aliphatic heterocycles. The van der Waals surface area contributed by atoms with Crippen molar-refractivity contribution >= 4 is 28.0 Å². The Balaban J connectivity index is 1.79. The van der Waals surface area contributed by atoms with E-state index in [0.29, 0.717) is 12.5 Å². The molecule has 0 saturated heterocycles. The van der Waals surface area contributed by atoms with Crippen molar-refractivity contribution in [3.05, 3.63) is 66.2 Å². The second kappa shape index (κ2) is 6.00. The molecule has 0 unspecified atom stereocenters. The number of amidine groups is 1. The van der Waals surface area contributed by atoms with Gasteiger partial charge in [-0.1, -0.05) is 50.2 Å². The Hall–Kier alpha value is -2.81. The van der Waals surface area contributed by atoms with Crippen LogP contribution in [-0.4, -0.2) is 12.4 Å². The Labute approximate surface area is 142 Å². The molecular weight excluding hydrogens is 296 g/mol. The van der Waals surface area contributed by atoms with E-state index in [1.54, 1.807) is 0 Å². The van der Waals surface area contributed by atoms with Crippen LogP contribution in [0.2, 0.25) is 0 Å². The molecule has 3 aromatic rings. The van der Waals surface area contributed by atoms with Crippen LogP contribution in [0.15, 0.2) is 65.7 Å². The SMILES string of the molecule is CC(C)COc1ccccc1C1=Nc2cccc3cccc(c23)N1. The van der Waals surface area contributed by atoms with Crippen LogP contribution >= 0.6 is 0 Å². The Morgan fingerprint density at radius 3 is 2.58 bits per heavy atom. The molecule has 1 N–H and O–H groups in total. The van der Waals surface area contributed by atoms with Crippen molar-refractivity contribution in [2.75, 3.05) is 11.9 Å². The average molecular weight is 316 g/mol. The first-order valence-corrected chi connectivity index (χ1v) is 8.32. The summed E-state index contributed by atoms with van der Waals surface area (Å²) in [5.41, 5.74) is 3.08. The van der Waals surface area contributed by atoms with Gasteiger partial charge in [0.25, 0.3) is 0 Å². The molecule has 0 atom stereocenters. The van der Waals surface area contributed by atoms with Crippen LogP contribution in [0.3, 0.4) is 0 Å². The monoisotopic (exact) mass is 316 g/mol. The maximum atomic E-state index is 5.99. The zero-order valence-electron chi connectivity index (χ0n) is 13.9.